The van der Waals surface area contributed by atoms with Crippen LogP contribution < -0.4 is 0 Å². The third kappa shape index (κ3) is 3.28. The van der Waals surface area contributed by atoms with Gasteiger partial charge in [-0.3, -0.25) is 9.36 Å². The minimum Gasteiger partial charge on any atom is -0.460 e. The highest BCUT2D eigenvalue weighted by molar-refractivity contribution is 7.27. The number of hydrogen-bond acceptors (Lipinski definition) is 3. The molecule has 0 aromatic rings. The number of rotatable bonds is 4. The molecule has 0 saturated heterocycles. The van der Waals surface area contributed by atoms with E-state index in [4.69, 9.17) is 0 Å². The number of ether oxygens (including phenoxy) is 1. The molecule has 0 aliphatic carbocycles. The summed E-state index contributed by atoms with van der Waals surface area (Å²) in [7, 11) is -0.228. The molecule has 3 nitrogen and oxygen atoms in total. The van der Waals surface area contributed by atoms with E-state index in [1.54, 1.807) is 13.8 Å². The summed E-state index contributed by atoms with van der Waals surface area (Å²) in [6, 6.07) is 0. The molecule has 0 aliphatic heterocycles. The standard InChI is InChI=1S/C7H11O3P/c1-4-5-10-6(8)7(2,3)11-9/h4H,1,5H2,2-3H3. The molecular formula is C7H11O3P. The van der Waals surface area contributed by atoms with Gasteiger partial charge in [0.25, 0.3) is 0 Å². The summed E-state index contributed by atoms with van der Waals surface area (Å²) in [4.78, 5) is 11.0. The molecule has 0 heterocycles. The Morgan fingerprint density at radius 3 is 2.64 bits per heavy atom. The molecule has 62 valence electrons. The minimum absolute atomic E-state index is 0.164. The van der Waals surface area contributed by atoms with Crippen molar-refractivity contribution in [3.63, 3.8) is 0 Å². The van der Waals surface area contributed by atoms with E-state index in [9.17, 15) is 9.36 Å². The number of hydrogen-bond donors (Lipinski definition) is 0. The predicted octanol–water partition coefficient (Wildman–Crippen LogP) is 1.79. The average Bonchev–Trinajstić information content (AvgIpc) is 2.00. The van der Waals surface area contributed by atoms with Gasteiger partial charge in [0.2, 0.25) is 0 Å². The number of carbonyl (C=O) groups excluding carboxylic acids is 1. The van der Waals surface area contributed by atoms with E-state index < -0.39 is 11.1 Å². The molecule has 0 amide bonds. The van der Waals surface area contributed by atoms with Gasteiger partial charge in [0.05, 0.1) is 0 Å². The van der Waals surface area contributed by atoms with E-state index in [-0.39, 0.29) is 15.1 Å². The highest BCUT2D eigenvalue weighted by atomic mass is 31.1. The first-order valence-electron chi connectivity index (χ1n) is 3.17. The summed E-state index contributed by atoms with van der Waals surface area (Å²) in [5.41, 5.74) is 0. The Balaban J connectivity index is 4.01. The van der Waals surface area contributed by atoms with Crippen LogP contribution in [0.4, 0.5) is 0 Å². The molecule has 0 unspecified atom stereocenters. The van der Waals surface area contributed by atoms with Crippen molar-refractivity contribution in [1.82, 2.24) is 0 Å². The zero-order valence-corrected chi connectivity index (χ0v) is 7.56. The fraction of sp³-hybridized carbons (Fsp3) is 0.571. The van der Waals surface area contributed by atoms with Gasteiger partial charge in [0, 0.05) is 0 Å². The van der Waals surface area contributed by atoms with Crippen LogP contribution >= 0.6 is 8.46 Å². The lowest BCUT2D eigenvalue weighted by Crippen LogP contribution is -2.27. The van der Waals surface area contributed by atoms with Crippen molar-refractivity contribution in [2.45, 2.75) is 19.0 Å². The summed E-state index contributed by atoms with van der Waals surface area (Å²) in [6.45, 7) is 6.64. The van der Waals surface area contributed by atoms with Gasteiger partial charge in [-0.15, -0.1) is 0 Å². The lowest BCUT2D eigenvalue weighted by Gasteiger charge is -2.12. The zero-order valence-electron chi connectivity index (χ0n) is 6.66. The van der Waals surface area contributed by atoms with Crippen LogP contribution in [0.25, 0.3) is 0 Å². The van der Waals surface area contributed by atoms with Crippen LogP contribution in [0.15, 0.2) is 12.7 Å². The quantitative estimate of drug-likeness (QED) is 0.370. The molecule has 0 radical (unpaired) electrons. The van der Waals surface area contributed by atoms with Crippen LogP contribution in [0.2, 0.25) is 0 Å². The van der Waals surface area contributed by atoms with Crippen molar-refractivity contribution in [2.75, 3.05) is 6.61 Å². The fourth-order valence-electron chi connectivity index (χ4n) is 0.348. The maximum absolute atomic E-state index is 11.0. The van der Waals surface area contributed by atoms with E-state index in [0.29, 0.717) is 0 Å². The molecule has 0 spiro atoms. The molecule has 4 heteroatoms. The monoisotopic (exact) mass is 174 g/mol. The van der Waals surface area contributed by atoms with Crippen LogP contribution in [0.1, 0.15) is 13.8 Å². The number of carbonyl (C=O) groups is 1. The molecule has 0 atom stereocenters. The predicted molar refractivity (Wildman–Crippen MR) is 42.8 cm³/mol. The van der Waals surface area contributed by atoms with Crippen molar-refractivity contribution in [3.8, 4) is 0 Å². The highest BCUT2D eigenvalue weighted by Gasteiger charge is 2.29. The van der Waals surface area contributed by atoms with Crippen LogP contribution in [0, 0.1) is 0 Å². The summed E-state index contributed by atoms with van der Waals surface area (Å²) in [5.74, 6) is -0.478. The Morgan fingerprint density at radius 2 is 2.27 bits per heavy atom. The van der Waals surface area contributed by atoms with Crippen molar-refractivity contribution < 1.29 is 14.1 Å². The Labute approximate surface area is 67.6 Å². The van der Waals surface area contributed by atoms with Gasteiger partial charge in [0.1, 0.15) is 11.8 Å². The van der Waals surface area contributed by atoms with E-state index in [0.717, 1.165) is 0 Å². The minimum atomic E-state index is -0.941. The second-order valence-corrected chi connectivity index (χ2v) is 3.84. The summed E-state index contributed by atoms with van der Waals surface area (Å²) < 4.78 is 15.1. The van der Waals surface area contributed by atoms with Gasteiger partial charge in [-0.25, -0.2) is 0 Å². The Hall–Kier alpha value is -0.690. The maximum Gasteiger partial charge on any atom is 0.323 e. The normalized spacial score (nSPS) is 11.1. The van der Waals surface area contributed by atoms with Crippen LogP contribution in [0.5, 0.6) is 0 Å². The lowest BCUT2D eigenvalue weighted by atomic mass is 10.2. The van der Waals surface area contributed by atoms with Crippen LogP contribution in [0.3, 0.4) is 0 Å². The van der Waals surface area contributed by atoms with E-state index in [1.165, 1.54) is 6.08 Å². The lowest BCUT2D eigenvalue weighted by molar-refractivity contribution is -0.144. The van der Waals surface area contributed by atoms with Crippen molar-refractivity contribution in [3.05, 3.63) is 12.7 Å². The second kappa shape index (κ2) is 4.24. The molecule has 11 heavy (non-hydrogen) atoms. The topological polar surface area (TPSA) is 43.4 Å². The van der Waals surface area contributed by atoms with Gasteiger partial charge >= 0.3 is 5.97 Å². The first-order chi connectivity index (χ1) is 5.04. The molecule has 0 fully saturated rings. The first-order valence-corrected chi connectivity index (χ1v) is 3.98. The van der Waals surface area contributed by atoms with Gasteiger partial charge in [-0.05, 0) is 13.8 Å². The number of esters is 1. The van der Waals surface area contributed by atoms with Gasteiger partial charge in [-0.1, -0.05) is 12.7 Å². The van der Waals surface area contributed by atoms with Crippen molar-refractivity contribution in [2.24, 2.45) is 0 Å². The second-order valence-electron chi connectivity index (χ2n) is 2.54. The summed E-state index contributed by atoms with van der Waals surface area (Å²) in [5, 5.41) is -0.941. The Morgan fingerprint density at radius 1 is 1.73 bits per heavy atom. The largest absolute Gasteiger partial charge is 0.460 e. The van der Waals surface area contributed by atoms with Crippen molar-refractivity contribution in [1.29, 1.82) is 0 Å². The first kappa shape index (κ1) is 10.3. The molecular weight excluding hydrogens is 163 g/mol. The Bertz CT molecular complexity index is 175. The molecule has 0 aromatic heterocycles. The van der Waals surface area contributed by atoms with Crippen LogP contribution in [-0.2, 0) is 14.1 Å². The highest BCUT2D eigenvalue weighted by Crippen LogP contribution is 2.22. The van der Waals surface area contributed by atoms with Gasteiger partial charge in [0.15, 0.2) is 8.46 Å². The third-order valence-electron chi connectivity index (χ3n) is 1.06. The summed E-state index contributed by atoms with van der Waals surface area (Å²) in [6.07, 6.45) is 1.47. The molecule has 0 aliphatic rings. The summed E-state index contributed by atoms with van der Waals surface area (Å²) >= 11 is 0. The SMILES string of the molecule is C=CCOC(=O)C(C)(C)P=O. The molecule has 0 rings (SSSR count). The fourth-order valence-corrected chi connectivity index (χ4v) is 0.488. The zero-order chi connectivity index (χ0) is 8.91. The van der Waals surface area contributed by atoms with E-state index >= 15 is 0 Å². The van der Waals surface area contributed by atoms with E-state index in [1.807, 2.05) is 0 Å². The van der Waals surface area contributed by atoms with Gasteiger partial charge in [-0.2, -0.15) is 0 Å². The Kier molecular flexibility index (Phi) is 3.98. The van der Waals surface area contributed by atoms with E-state index in [2.05, 4.69) is 11.3 Å². The molecule has 0 aromatic carbocycles. The van der Waals surface area contributed by atoms with Crippen molar-refractivity contribution >= 4 is 14.4 Å². The maximum atomic E-state index is 11.0. The van der Waals surface area contributed by atoms with Crippen LogP contribution in [-0.4, -0.2) is 17.7 Å². The molecule has 0 bridgehead atoms. The molecule has 0 N–H and O–H groups in total. The smallest absolute Gasteiger partial charge is 0.323 e. The average molecular weight is 174 g/mol. The van der Waals surface area contributed by atoms with Gasteiger partial charge < -0.3 is 4.74 Å². The third-order valence-corrected chi connectivity index (χ3v) is 1.70. The molecule has 0 saturated carbocycles.